The van der Waals surface area contributed by atoms with Gasteiger partial charge in [-0.1, -0.05) is 0 Å². The van der Waals surface area contributed by atoms with Crippen LogP contribution in [-0.2, 0) is 13.5 Å². The molecule has 3 rings (SSSR count). The van der Waals surface area contributed by atoms with Crippen molar-refractivity contribution < 1.29 is 4.79 Å². The highest BCUT2D eigenvalue weighted by Gasteiger charge is 2.23. The number of nitrogens with one attached hydrogen (secondary N) is 1. The second-order valence-electron chi connectivity index (χ2n) is 5.62. The lowest BCUT2D eigenvalue weighted by Crippen LogP contribution is -2.29. The lowest BCUT2D eigenvalue weighted by atomic mass is 9.92. The van der Waals surface area contributed by atoms with E-state index in [0.29, 0.717) is 18.3 Å². The highest BCUT2D eigenvalue weighted by Crippen LogP contribution is 2.33. The highest BCUT2D eigenvalue weighted by atomic mass is 16.2. The van der Waals surface area contributed by atoms with Gasteiger partial charge in [0.15, 0.2) is 0 Å². The molecule has 0 radical (unpaired) electrons. The normalized spacial score (nSPS) is 15.0. The molecule has 6 nitrogen and oxygen atoms in total. The quantitative estimate of drug-likeness (QED) is 0.909. The third-order valence-electron chi connectivity index (χ3n) is 4.19. The molecule has 1 amide bonds. The van der Waals surface area contributed by atoms with Crippen LogP contribution in [-0.4, -0.2) is 31.8 Å². The summed E-state index contributed by atoms with van der Waals surface area (Å²) in [6.45, 7) is 2.69. The molecular weight excluding hydrogens is 266 g/mol. The number of carbonyl (C=O) groups excluding carboxylic acids is 1. The average Bonchev–Trinajstić information content (AvgIpc) is 2.97. The van der Waals surface area contributed by atoms with Gasteiger partial charge in [0.25, 0.3) is 5.91 Å². The molecule has 0 aromatic carbocycles. The molecule has 2 heterocycles. The summed E-state index contributed by atoms with van der Waals surface area (Å²) in [6, 6.07) is 2.32. The molecule has 2 aromatic heterocycles. The SMILES string of the molecule is Cc1cnc(CCNC(=O)c2ccnn2C)n1C1CCC1. The minimum atomic E-state index is -0.0894. The number of amides is 1. The first-order valence-corrected chi connectivity index (χ1v) is 7.45. The first-order valence-electron chi connectivity index (χ1n) is 7.45. The average molecular weight is 287 g/mol. The topological polar surface area (TPSA) is 64.7 Å². The van der Waals surface area contributed by atoms with Gasteiger partial charge >= 0.3 is 0 Å². The maximum absolute atomic E-state index is 12.0. The zero-order chi connectivity index (χ0) is 14.8. The summed E-state index contributed by atoms with van der Waals surface area (Å²) < 4.78 is 3.91. The minimum Gasteiger partial charge on any atom is -0.350 e. The second kappa shape index (κ2) is 5.71. The second-order valence-corrected chi connectivity index (χ2v) is 5.62. The number of nitrogens with zero attached hydrogens (tertiary/aromatic N) is 4. The van der Waals surface area contributed by atoms with E-state index < -0.39 is 0 Å². The molecule has 1 N–H and O–H groups in total. The van der Waals surface area contributed by atoms with Gasteiger partial charge in [0.2, 0.25) is 0 Å². The van der Waals surface area contributed by atoms with E-state index in [9.17, 15) is 4.79 Å². The van der Waals surface area contributed by atoms with Crippen molar-refractivity contribution in [2.45, 2.75) is 38.6 Å². The number of rotatable bonds is 5. The van der Waals surface area contributed by atoms with Crippen LogP contribution in [0.25, 0.3) is 0 Å². The molecule has 1 saturated carbocycles. The monoisotopic (exact) mass is 287 g/mol. The number of aryl methyl sites for hydroxylation is 2. The van der Waals surface area contributed by atoms with Crippen LogP contribution in [0.1, 0.15) is 47.3 Å². The van der Waals surface area contributed by atoms with E-state index in [1.807, 2.05) is 6.20 Å². The van der Waals surface area contributed by atoms with Crippen LogP contribution in [0.4, 0.5) is 0 Å². The number of carbonyl (C=O) groups is 1. The molecule has 6 heteroatoms. The Bertz CT molecular complexity index is 638. The van der Waals surface area contributed by atoms with Gasteiger partial charge in [-0.05, 0) is 32.3 Å². The number of hydrogen-bond donors (Lipinski definition) is 1. The fourth-order valence-electron chi connectivity index (χ4n) is 2.80. The van der Waals surface area contributed by atoms with Crippen molar-refractivity contribution in [1.29, 1.82) is 0 Å². The Morgan fingerprint density at radius 3 is 2.90 bits per heavy atom. The fourth-order valence-corrected chi connectivity index (χ4v) is 2.80. The molecular formula is C15H21N5O. The zero-order valence-corrected chi connectivity index (χ0v) is 12.5. The molecule has 0 atom stereocenters. The van der Waals surface area contributed by atoms with Crippen molar-refractivity contribution in [1.82, 2.24) is 24.6 Å². The largest absolute Gasteiger partial charge is 0.350 e. The maximum atomic E-state index is 12.0. The Hall–Kier alpha value is -2.11. The molecule has 1 aliphatic carbocycles. The molecule has 21 heavy (non-hydrogen) atoms. The van der Waals surface area contributed by atoms with Crippen molar-refractivity contribution in [3.05, 3.63) is 35.7 Å². The molecule has 0 unspecified atom stereocenters. The molecule has 0 saturated heterocycles. The third kappa shape index (κ3) is 2.70. The summed E-state index contributed by atoms with van der Waals surface area (Å²) in [5, 5.41) is 6.94. The van der Waals surface area contributed by atoms with Crippen LogP contribution in [0.5, 0.6) is 0 Å². The molecule has 1 fully saturated rings. The van der Waals surface area contributed by atoms with E-state index in [-0.39, 0.29) is 5.91 Å². The molecule has 112 valence electrons. The van der Waals surface area contributed by atoms with E-state index >= 15 is 0 Å². The van der Waals surface area contributed by atoms with E-state index in [1.54, 1.807) is 24.0 Å². The van der Waals surface area contributed by atoms with E-state index in [0.717, 1.165) is 12.2 Å². The zero-order valence-electron chi connectivity index (χ0n) is 12.5. The number of imidazole rings is 1. The van der Waals surface area contributed by atoms with Crippen molar-refractivity contribution in [3.63, 3.8) is 0 Å². The van der Waals surface area contributed by atoms with Gasteiger partial charge in [0.1, 0.15) is 11.5 Å². The van der Waals surface area contributed by atoms with E-state index in [4.69, 9.17) is 0 Å². The van der Waals surface area contributed by atoms with E-state index in [1.165, 1.54) is 25.0 Å². The number of aromatic nitrogens is 4. The lowest BCUT2D eigenvalue weighted by molar-refractivity contribution is 0.0944. The van der Waals surface area contributed by atoms with Crippen LogP contribution in [0.3, 0.4) is 0 Å². The predicted octanol–water partition coefficient (Wildman–Crippen LogP) is 1.62. The first kappa shape index (κ1) is 13.9. The molecule has 0 aliphatic heterocycles. The van der Waals surface area contributed by atoms with Gasteiger partial charge in [0.05, 0.1) is 0 Å². The van der Waals surface area contributed by atoms with Crippen LogP contribution >= 0.6 is 0 Å². The van der Waals surface area contributed by atoms with Crippen LogP contribution in [0.15, 0.2) is 18.5 Å². The van der Waals surface area contributed by atoms with Crippen molar-refractivity contribution >= 4 is 5.91 Å². The van der Waals surface area contributed by atoms with E-state index in [2.05, 4.69) is 26.9 Å². The molecule has 0 bridgehead atoms. The molecule has 2 aromatic rings. The summed E-state index contributed by atoms with van der Waals surface area (Å²) in [5.74, 6) is 0.982. The summed E-state index contributed by atoms with van der Waals surface area (Å²) in [7, 11) is 1.77. The third-order valence-corrected chi connectivity index (χ3v) is 4.19. The summed E-state index contributed by atoms with van der Waals surface area (Å²) >= 11 is 0. The molecule has 0 spiro atoms. The predicted molar refractivity (Wildman–Crippen MR) is 79.1 cm³/mol. The smallest absolute Gasteiger partial charge is 0.269 e. The maximum Gasteiger partial charge on any atom is 0.269 e. The highest BCUT2D eigenvalue weighted by molar-refractivity contribution is 5.92. The fraction of sp³-hybridized carbons (Fsp3) is 0.533. The molecule has 1 aliphatic rings. The summed E-state index contributed by atoms with van der Waals surface area (Å²) in [5.41, 5.74) is 1.79. The van der Waals surface area contributed by atoms with Crippen LogP contribution in [0.2, 0.25) is 0 Å². The van der Waals surface area contributed by atoms with Crippen molar-refractivity contribution in [2.24, 2.45) is 7.05 Å². The van der Waals surface area contributed by atoms with Gasteiger partial charge in [-0.15, -0.1) is 0 Å². The Balaban J connectivity index is 1.58. The Morgan fingerprint density at radius 2 is 2.29 bits per heavy atom. The standard InChI is InChI=1S/C15H21N5O/c1-11-10-17-14(20(11)12-4-3-5-12)7-8-16-15(21)13-6-9-18-19(13)2/h6,9-10,12H,3-5,7-8H2,1-2H3,(H,16,21). The first-order chi connectivity index (χ1) is 10.2. The van der Waals surface area contributed by atoms with Gasteiger partial charge in [0, 0.05) is 44.1 Å². The van der Waals surface area contributed by atoms with Crippen LogP contribution in [0, 0.1) is 6.92 Å². The van der Waals surface area contributed by atoms with Crippen molar-refractivity contribution in [2.75, 3.05) is 6.54 Å². The van der Waals surface area contributed by atoms with Gasteiger partial charge < -0.3 is 9.88 Å². The Labute approximate surface area is 124 Å². The Kier molecular flexibility index (Phi) is 3.77. The van der Waals surface area contributed by atoms with Gasteiger partial charge in [-0.3, -0.25) is 9.48 Å². The minimum absolute atomic E-state index is 0.0894. The summed E-state index contributed by atoms with van der Waals surface area (Å²) in [6.07, 6.45) is 8.10. The lowest BCUT2D eigenvalue weighted by Gasteiger charge is -2.29. The summed E-state index contributed by atoms with van der Waals surface area (Å²) in [4.78, 5) is 16.5. The number of hydrogen-bond acceptors (Lipinski definition) is 3. The van der Waals surface area contributed by atoms with Crippen LogP contribution < -0.4 is 5.32 Å². The van der Waals surface area contributed by atoms with Gasteiger partial charge in [-0.2, -0.15) is 5.10 Å². The Morgan fingerprint density at radius 1 is 1.48 bits per heavy atom. The van der Waals surface area contributed by atoms with Crippen molar-refractivity contribution in [3.8, 4) is 0 Å². The van der Waals surface area contributed by atoms with Gasteiger partial charge in [-0.25, -0.2) is 4.98 Å².